The highest BCUT2D eigenvalue weighted by Gasteiger charge is 2.16. The summed E-state index contributed by atoms with van der Waals surface area (Å²) in [5.74, 6) is 3.83. The molecule has 0 bridgehead atoms. The molecule has 11 N–H and O–H groups in total. The minimum absolute atomic E-state index is 0.0140. The average molecular weight is 1320 g/mol. The van der Waals surface area contributed by atoms with Crippen LogP contribution in [0.4, 0.5) is 5.69 Å². The van der Waals surface area contributed by atoms with E-state index in [0.717, 1.165) is 38.9 Å². The van der Waals surface area contributed by atoms with E-state index in [2.05, 4.69) is 112 Å². The molecule has 13 nitrogen and oxygen atoms in total. The van der Waals surface area contributed by atoms with E-state index in [1.165, 1.54) is 73.1 Å². The maximum absolute atomic E-state index is 10.2. The van der Waals surface area contributed by atoms with Crippen LogP contribution in [0.2, 0.25) is 5.02 Å². The minimum Gasteiger partial charge on any atom is -0.508 e. The van der Waals surface area contributed by atoms with E-state index in [1.807, 2.05) is 102 Å². The van der Waals surface area contributed by atoms with E-state index in [1.54, 1.807) is 48.5 Å². The molecule has 0 aromatic heterocycles. The van der Waals surface area contributed by atoms with Gasteiger partial charge < -0.3 is 56.2 Å². The number of fused-ring (bicyclic) bond motifs is 4. The summed E-state index contributed by atoms with van der Waals surface area (Å²) in [5, 5.41) is 115. The summed E-state index contributed by atoms with van der Waals surface area (Å²) in [6.45, 7) is 35.2. The van der Waals surface area contributed by atoms with Crippen LogP contribution < -0.4 is 0 Å². The highest BCUT2D eigenvalue weighted by atomic mass is 35.5. The highest BCUT2D eigenvalue weighted by molar-refractivity contribution is 6.32. The predicted molar refractivity (Wildman–Crippen MR) is 397 cm³/mol. The first kappa shape index (κ1) is 76.9. The molecule has 0 fully saturated rings. The van der Waals surface area contributed by atoms with Gasteiger partial charge >= 0.3 is 0 Å². The monoisotopic (exact) mass is 1320 g/mol. The Morgan fingerprint density at radius 3 is 1.29 bits per heavy atom. The fourth-order valence-electron chi connectivity index (χ4n) is 11.7. The van der Waals surface area contributed by atoms with E-state index >= 15 is 0 Å². The highest BCUT2D eigenvalue weighted by Crippen LogP contribution is 2.41. The van der Waals surface area contributed by atoms with E-state index in [-0.39, 0.29) is 74.5 Å². The minimum atomic E-state index is -0.295. The molecular formula is C82H96ClNO12. The quantitative estimate of drug-likeness (QED) is 0.0636. The Labute approximate surface area is 570 Å². The maximum Gasteiger partial charge on any atom is 0.150 e. The number of rotatable bonds is 8. The van der Waals surface area contributed by atoms with Gasteiger partial charge in [-0.15, -0.1) is 4.91 Å². The third kappa shape index (κ3) is 19.9. The van der Waals surface area contributed by atoms with Crippen molar-refractivity contribution in [3.8, 4) is 63.2 Å². The number of halogens is 1. The number of nitroso groups, excluding NO2 is 1. The van der Waals surface area contributed by atoms with Crippen LogP contribution in [0.3, 0.4) is 0 Å². The maximum atomic E-state index is 10.2. The first-order chi connectivity index (χ1) is 45.1. The number of hydrogen-bond donors (Lipinski definition) is 11. The summed E-state index contributed by atoms with van der Waals surface area (Å²) in [7, 11) is 0. The number of aromatic hydroxyl groups is 11. The average Bonchev–Trinajstić information content (AvgIpc) is 0.822. The Morgan fingerprint density at radius 1 is 0.292 bits per heavy atom. The van der Waals surface area contributed by atoms with Gasteiger partial charge in [-0.2, -0.15) is 0 Å². The molecule has 0 aliphatic heterocycles. The van der Waals surface area contributed by atoms with E-state index in [9.17, 15) is 45.8 Å². The Balaban J connectivity index is 0.000000203. The lowest BCUT2D eigenvalue weighted by molar-refractivity contribution is 0.443. The molecule has 0 saturated carbocycles. The summed E-state index contributed by atoms with van der Waals surface area (Å²) in [6, 6.07) is 48.3. The van der Waals surface area contributed by atoms with Gasteiger partial charge in [-0.1, -0.05) is 193 Å². The molecule has 0 atom stereocenters. The zero-order chi connectivity index (χ0) is 71.7. The van der Waals surface area contributed by atoms with Crippen molar-refractivity contribution in [2.75, 3.05) is 0 Å². The van der Waals surface area contributed by atoms with Crippen molar-refractivity contribution in [1.29, 1.82) is 0 Å². The number of hydrogen-bond acceptors (Lipinski definition) is 13. The van der Waals surface area contributed by atoms with Gasteiger partial charge in [-0.05, 0) is 211 Å². The van der Waals surface area contributed by atoms with Crippen LogP contribution in [-0.2, 0) is 0 Å². The number of benzene rings is 11. The lowest BCUT2D eigenvalue weighted by atomic mass is 9.91. The topological polar surface area (TPSA) is 252 Å². The zero-order valence-corrected chi connectivity index (χ0v) is 59.0. The van der Waals surface area contributed by atoms with Crippen LogP contribution in [0.15, 0.2) is 169 Å². The van der Waals surface area contributed by atoms with Gasteiger partial charge in [0.15, 0.2) is 0 Å². The third-order valence-electron chi connectivity index (χ3n) is 16.4. The number of phenolic OH excluding ortho intramolecular Hbond substituents is 11. The molecule has 0 aliphatic carbocycles. The van der Waals surface area contributed by atoms with E-state index in [4.69, 9.17) is 26.9 Å². The van der Waals surface area contributed by atoms with Gasteiger partial charge in [0.05, 0.1) is 5.02 Å². The number of nitrogens with zero attached hydrogens (tertiary/aromatic N) is 1. The predicted octanol–water partition coefficient (Wildman–Crippen LogP) is 23.0. The molecule has 0 radical (unpaired) electrons. The molecule has 0 spiro atoms. The fourth-order valence-corrected chi connectivity index (χ4v) is 11.9. The lowest BCUT2D eigenvalue weighted by Gasteiger charge is -2.14. The van der Waals surface area contributed by atoms with Crippen molar-refractivity contribution in [2.24, 2.45) is 5.18 Å². The van der Waals surface area contributed by atoms with E-state index in [0.29, 0.717) is 51.9 Å². The smallest absolute Gasteiger partial charge is 0.150 e. The first-order valence-electron chi connectivity index (χ1n) is 32.3. The standard InChI is InChI=1S/3C14H16O.C13H14O2.C9H11ClO2.C9H11NO3.C9H12O2/c1-9(2)14-10(3)4-5-11-8-12(15)6-7-13(11)14;1-9(2)14-10(3)4-5-11-6-7-12(15)8-13(11)14;1-9(2)14-10(3)8-13(15)11-6-4-5-7-12(11)14;1-8(2)9-6-7-11(14)10-4-3-5-12(15)13(9)10;1-5(2)6-3-7(10)9(12)4-8(6)11;1-5(2)6-3-7(10-13)9(12)4-8(6)11;1-6(2)8-4-3-7(10)5-9(8)11/h3*4-9,15H,1-3H3;3-8,14-15H,1-2H3;3-5,11-12H,1-2H3;3-5,11-12H,1-2H3;3-6,10-11H,1-2H3. The van der Waals surface area contributed by atoms with Gasteiger partial charge in [0.2, 0.25) is 0 Å². The third-order valence-corrected chi connectivity index (χ3v) is 16.7. The van der Waals surface area contributed by atoms with E-state index < -0.39 is 0 Å². The van der Waals surface area contributed by atoms with Crippen molar-refractivity contribution in [3.05, 3.63) is 229 Å². The second-order valence-electron chi connectivity index (χ2n) is 26.1. The molecule has 11 aromatic rings. The summed E-state index contributed by atoms with van der Waals surface area (Å²) < 4.78 is 0. The van der Waals surface area contributed by atoms with Crippen LogP contribution in [0.25, 0.3) is 43.1 Å². The Morgan fingerprint density at radius 2 is 0.740 bits per heavy atom. The molecule has 0 heterocycles. The molecule has 14 heteroatoms. The molecule has 11 aromatic carbocycles. The largest absolute Gasteiger partial charge is 0.508 e. The molecule has 508 valence electrons. The van der Waals surface area contributed by atoms with Gasteiger partial charge in [0.25, 0.3) is 0 Å². The van der Waals surface area contributed by atoms with Crippen molar-refractivity contribution >= 4 is 60.4 Å². The van der Waals surface area contributed by atoms with Crippen molar-refractivity contribution < 1.29 is 56.2 Å². The van der Waals surface area contributed by atoms with Crippen molar-refractivity contribution in [1.82, 2.24) is 0 Å². The van der Waals surface area contributed by atoms with Gasteiger partial charge in [0, 0.05) is 34.4 Å². The van der Waals surface area contributed by atoms with Gasteiger partial charge in [-0.25, -0.2) is 0 Å². The number of phenols is 11. The molecule has 0 saturated heterocycles. The summed E-state index contributed by atoms with van der Waals surface area (Å²) in [6.07, 6.45) is 0. The summed E-state index contributed by atoms with van der Waals surface area (Å²) >= 11 is 5.67. The second kappa shape index (κ2) is 34.5. The summed E-state index contributed by atoms with van der Waals surface area (Å²) in [5.41, 5.74) is 11.1. The Hall–Kier alpha value is -9.85. The van der Waals surface area contributed by atoms with Crippen LogP contribution in [0.1, 0.15) is 194 Å². The molecule has 11 rings (SSSR count). The van der Waals surface area contributed by atoms with Crippen LogP contribution in [0.5, 0.6) is 63.2 Å². The molecule has 0 unspecified atom stereocenters. The zero-order valence-electron chi connectivity index (χ0n) is 58.3. The van der Waals surface area contributed by atoms with Crippen molar-refractivity contribution in [2.45, 2.75) is 159 Å². The Kier molecular flexibility index (Phi) is 27.6. The normalized spacial score (nSPS) is 10.9. The van der Waals surface area contributed by atoms with Gasteiger partial charge in [-0.3, -0.25) is 0 Å². The molecule has 96 heavy (non-hydrogen) atoms. The first-order valence-corrected chi connectivity index (χ1v) is 32.7. The molecular weight excluding hydrogens is 1230 g/mol. The van der Waals surface area contributed by atoms with Crippen LogP contribution in [-0.4, -0.2) is 56.2 Å². The van der Waals surface area contributed by atoms with Crippen molar-refractivity contribution in [3.63, 3.8) is 0 Å². The lowest BCUT2D eigenvalue weighted by Crippen LogP contribution is -1.94. The second-order valence-corrected chi connectivity index (χ2v) is 26.5. The SMILES string of the molecule is CC(C)c1cc(Cl)c(O)cc1O.CC(C)c1cc(N=O)c(O)cc1O.CC(C)c1ccc(O)c2cccc(O)c12.CC(C)c1ccc(O)cc1O.Cc1cc(O)c2ccccc2c1C(C)C.Cc1ccc2cc(O)ccc2c1C(C)C.Cc1ccc2ccc(O)cc2c1C(C)C. The van der Waals surface area contributed by atoms with Crippen LogP contribution >= 0.6 is 11.6 Å². The van der Waals surface area contributed by atoms with Gasteiger partial charge in [0.1, 0.15) is 68.9 Å². The molecule has 0 aliphatic rings. The molecule has 0 amide bonds. The Bertz CT molecular complexity index is 4440. The van der Waals surface area contributed by atoms with Crippen LogP contribution in [0, 0.1) is 25.7 Å². The summed E-state index contributed by atoms with van der Waals surface area (Å²) in [4.78, 5) is 10.2. The number of aryl methyl sites for hydroxylation is 3. The fraction of sp³-hybridized carbons (Fsp3) is 0.293.